The van der Waals surface area contributed by atoms with Crippen LogP contribution >= 0.6 is 15.9 Å². The highest BCUT2D eigenvalue weighted by Gasteiger charge is 2.12. The van der Waals surface area contributed by atoms with E-state index in [0.717, 1.165) is 10.9 Å². The zero-order chi connectivity index (χ0) is 12.1. The number of aromatic nitrogens is 3. The molecule has 0 aliphatic carbocycles. The molecule has 0 saturated heterocycles. The van der Waals surface area contributed by atoms with Gasteiger partial charge >= 0.3 is 0 Å². The number of halogens is 1. The first kappa shape index (κ1) is 11.7. The average Bonchev–Trinajstić information content (AvgIpc) is 2.79. The first-order valence-corrected chi connectivity index (χ1v) is 5.91. The van der Waals surface area contributed by atoms with Crippen LogP contribution < -0.4 is 0 Å². The molecule has 2 aromatic rings. The summed E-state index contributed by atoms with van der Waals surface area (Å²) in [5.41, 5.74) is 0.655. The lowest BCUT2D eigenvalue weighted by atomic mass is 10.2. The predicted octanol–water partition coefficient (Wildman–Crippen LogP) is 2.74. The molecule has 0 atom stereocenters. The van der Waals surface area contributed by atoms with Crippen LogP contribution in [-0.2, 0) is 6.42 Å². The van der Waals surface area contributed by atoms with Gasteiger partial charge in [-0.3, -0.25) is 4.98 Å². The lowest BCUT2D eigenvalue weighted by molar-refractivity contribution is 0.376. The number of unbranched alkanes of at least 4 members (excludes halogenated alkanes) is 1. The highest BCUT2D eigenvalue weighted by Crippen LogP contribution is 2.23. The lowest BCUT2D eigenvalue weighted by Gasteiger charge is -1.95. The maximum absolute atomic E-state index is 8.43. The summed E-state index contributed by atoms with van der Waals surface area (Å²) in [6.07, 6.45) is 3.50. The Morgan fingerprint density at radius 3 is 3.12 bits per heavy atom. The summed E-state index contributed by atoms with van der Waals surface area (Å²) in [4.78, 5) is 8.41. The van der Waals surface area contributed by atoms with Crippen molar-refractivity contribution < 1.29 is 4.52 Å². The molecule has 5 nitrogen and oxygen atoms in total. The van der Waals surface area contributed by atoms with Gasteiger partial charge in [0.15, 0.2) is 0 Å². The maximum atomic E-state index is 8.43. The molecule has 0 aliphatic heterocycles. The number of hydrogen-bond donors (Lipinski definition) is 0. The summed E-state index contributed by atoms with van der Waals surface area (Å²) >= 11 is 3.38. The van der Waals surface area contributed by atoms with E-state index in [1.807, 2.05) is 12.1 Å². The topological polar surface area (TPSA) is 75.6 Å². The summed E-state index contributed by atoms with van der Waals surface area (Å²) in [5, 5.41) is 12.3. The zero-order valence-corrected chi connectivity index (χ0v) is 10.5. The van der Waals surface area contributed by atoms with E-state index in [2.05, 4.69) is 37.1 Å². The molecule has 0 radical (unpaired) electrons. The van der Waals surface area contributed by atoms with Crippen molar-refractivity contribution in [3.05, 3.63) is 28.7 Å². The molecule has 0 aromatic carbocycles. The van der Waals surface area contributed by atoms with E-state index in [1.54, 1.807) is 6.20 Å². The van der Waals surface area contributed by atoms with Crippen LogP contribution in [0.1, 0.15) is 18.7 Å². The van der Waals surface area contributed by atoms with Crippen molar-refractivity contribution in [2.45, 2.75) is 19.3 Å². The van der Waals surface area contributed by atoms with Crippen molar-refractivity contribution in [3.63, 3.8) is 0 Å². The van der Waals surface area contributed by atoms with Gasteiger partial charge in [-0.05, 0) is 34.5 Å². The minimum absolute atomic E-state index is 0.462. The molecule has 2 rings (SSSR count). The Kier molecular flexibility index (Phi) is 3.83. The molecule has 0 fully saturated rings. The molecule has 2 heterocycles. The van der Waals surface area contributed by atoms with E-state index in [9.17, 15) is 0 Å². The molecule has 17 heavy (non-hydrogen) atoms. The van der Waals surface area contributed by atoms with E-state index in [0.29, 0.717) is 30.3 Å². The summed E-state index contributed by atoms with van der Waals surface area (Å²) in [7, 11) is 0. The second-order valence-corrected chi connectivity index (χ2v) is 4.21. The molecule has 6 heteroatoms. The first-order valence-electron chi connectivity index (χ1n) is 5.11. The smallest absolute Gasteiger partial charge is 0.227 e. The minimum atomic E-state index is 0.462. The van der Waals surface area contributed by atoms with Gasteiger partial charge in [-0.15, -0.1) is 0 Å². The Morgan fingerprint density at radius 2 is 2.35 bits per heavy atom. The summed E-state index contributed by atoms with van der Waals surface area (Å²) in [6.45, 7) is 0. The van der Waals surface area contributed by atoms with Crippen LogP contribution in [-0.4, -0.2) is 15.1 Å². The largest absolute Gasteiger partial charge is 0.339 e. The van der Waals surface area contributed by atoms with Crippen LogP contribution in [0.5, 0.6) is 0 Å². The monoisotopic (exact) mass is 292 g/mol. The van der Waals surface area contributed by atoms with Crippen molar-refractivity contribution in [3.8, 4) is 17.6 Å². The van der Waals surface area contributed by atoms with Gasteiger partial charge in [-0.25, -0.2) is 0 Å². The molecule has 0 saturated carbocycles. The van der Waals surface area contributed by atoms with E-state index < -0.39 is 0 Å². The number of hydrogen-bond acceptors (Lipinski definition) is 5. The van der Waals surface area contributed by atoms with Crippen molar-refractivity contribution in [2.24, 2.45) is 0 Å². The van der Waals surface area contributed by atoms with E-state index in [-0.39, 0.29) is 0 Å². The van der Waals surface area contributed by atoms with E-state index >= 15 is 0 Å². The van der Waals surface area contributed by atoms with Crippen LogP contribution in [0.3, 0.4) is 0 Å². The average molecular weight is 293 g/mol. The van der Waals surface area contributed by atoms with Crippen molar-refractivity contribution in [1.82, 2.24) is 15.1 Å². The molecule has 0 N–H and O–H groups in total. The molecule has 0 spiro atoms. The van der Waals surface area contributed by atoms with E-state index in [1.165, 1.54) is 0 Å². The fourth-order valence-corrected chi connectivity index (χ4v) is 1.75. The third-order valence-corrected chi connectivity index (χ3v) is 2.76. The summed E-state index contributed by atoms with van der Waals surface area (Å²) in [5.74, 6) is 0.997. The van der Waals surface area contributed by atoms with Gasteiger partial charge in [0.1, 0.15) is 5.69 Å². The molecule has 0 unspecified atom stereocenters. The number of aryl methyl sites for hydroxylation is 1. The molecule has 2 aromatic heterocycles. The van der Waals surface area contributed by atoms with Gasteiger partial charge in [0.2, 0.25) is 11.7 Å². The predicted molar refractivity (Wildman–Crippen MR) is 63.8 cm³/mol. The van der Waals surface area contributed by atoms with Crippen molar-refractivity contribution >= 4 is 15.9 Å². The second kappa shape index (κ2) is 5.55. The first-order chi connectivity index (χ1) is 8.31. The fourth-order valence-electron chi connectivity index (χ4n) is 1.32. The van der Waals surface area contributed by atoms with Crippen LogP contribution in [0.2, 0.25) is 0 Å². The van der Waals surface area contributed by atoms with Gasteiger partial charge in [-0.1, -0.05) is 5.16 Å². The van der Waals surface area contributed by atoms with Crippen LogP contribution in [0.25, 0.3) is 11.5 Å². The SMILES string of the molecule is N#CCCCc1nc(-c2ncccc2Br)no1. The van der Waals surface area contributed by atoms with Crippen molar-refractivity contribution in [2.75, 3.05) is 0 Å². The maximum Gasteiger partial charge on any atom is 0.227 e. The van der Waals surface area contributed by atoms with Gasteiger partial charge < -0.3 is 4.52 Å². The standard InChI is InChI=1S/C11H9BrN4O/c12-8-4-3-7-14-10(8)11-15-9(17-16-11)5-1-2-6-13/h3-4,7H,1-2,5H2. The quantitative estimate of drug-likeness (QED) is 0.810. The molecule has 0 bridgehead atoms. The normalized spacial score (nSPS) is 10.1. The molecule has 86 valence electrons. The minimum Gasteiger partial charge on any atom is -0.339 e. The number of nitrogens with zero attached hydrogens (tertiary/aromatic N) is 4. The highest BCUT2D eigenvalue weighted by molar-refractivity contribution is 9.10. The summed E-state index contributed by atoms with van der Waals surface area (Å²) in [6, 6.07) is 5.77. The Labute approximate surface area is 107 Å². The van der Waals surface area contributed by atoms with Crippen LogP contribution in [0.15, 0.2) is 27.3 Å². The van der Waals surface area contributed by atoms with Gasteiger partial charge in [0, 0.05) is 23.5 Å². The highest BCUT2D eigenvalue weighted by atomic mass is 79.9. The number of pyridine rings is 1. The van der Waals surface area contributed by atoms with Crippen molar-refractivity contribution in [1.29, 1.82) is 5.26 Å². The fraction of sp³-hybridized carbons (Fsp3) is 0.273. The molecule has 0 aliphatic rings. The Hall–Kier alpha value is -1.74. The number of rotatable bonds is 4. The summed E-state index contributed by atoms with van der Waals surface area (Å²) < 4.78 is 5.91. The molecule has 0 amide bonds. The van der Waals surface area contributed by atoms with Gasteiger partial charge in [-0.2, -0.15) is 10.2 Å². The Bertz CT molecular complexity index is 546. The third kappa shape index (κ3) is 2.88. The van der Waals surface area contributed by atoms with Gasteiger partial charge in [0.05, 0.1) is 6.07 Å². The molecular formula is C11H9BrN4O. The van der Waals surface area contributed by atoms with Crippen LogP contribution in [0, 0.1) is 11.3 Å². The Balaban J connectivity index is 2.14. The van der Waals surface area contributed by atoms with Gasteiger partial charge in [0.25, 0.3) is 0 Å². The lowest BCUT2D eigenvalue weighted by Crippen LogP contribution is -1.88. The Morgan fingerprint density at radius 1 is 1.47 bits per heavy atom. The van der Waals surface area contributed by atoms with E-state index in [4.69, 9.17) is 9.78 Å². The van der Waals surface area contributed by atoms with Crippen LogP contribution in [0.4, 0.5) is 0 Å². The third-order valence-electron chi connectivity index (χ3n) is 2.12. The zero-order valence-electron chi connectivity index (χ0n) is 8.93. The molecular weight excluding hydrogens is 284 g/mol. The second-order valence-electron chi connectivity index (χ2n) is 3.36. The number of nitriles is 1.